The summed E-state index contributed by atoms with van der Waals surface area (Å²) in [5, 5.41) is 0.711. The molecule has 0 radical (unpaired) electrons. The standard InChI is InChI=1S/C16H20N2S/c1-16(2,3)12-7-5-4-6-10(12)11-8-9-13-14(11)19-15(17)18-13/h4-7,11H,8-9H2,1-3H3,(H2,17,18). The van der Waals surface area contributed by atoms with Crippen molar-refractivity contribution in [1.82, 2.24) is 4.98 Å². The molecule has 2 N–H and O–H groups in total. The quantitative estimate of drug-likeness (QED) is 0.848. The lowest BCUT2D eigenvalue weighted by Crippen LogP contribution is -2.15. The first kappa shape index (κ1) is 12.7. The largest absolute Gasteiger partial charge is 0.375 e. The molecule has 2 nitrogen and oxygen atoms in total. The smallest absolute Gasteiger partial charge is 0.180 e. The van der Waals surface area contributed by atoms with Crippen LogP contribution >= 0.6 is 11.3 Å². The summed E-state index contributed by atoms with van der Waals surface area (Å²) in [5.41, 5.74) is 10.2. The molecule has 0 bridgehead atoms. The van der Waals surface area contributed by atoms with E-state index in [-0.39, 0.29) is 5.41 Å². The Balaban J connectivity index is 2.09. The molecule has 3 rings (SSSR count). The highest BCUT2D eigenvalue weighted by molar-refractivity contribution is 7.15. The Labute approximate surface area is 118 Å². The predicted octanol–water partition coefficient (Wildman–Crippen LogP) is 4.10. The van der Waals surface area contributed by atoms with Crippen LogP contribution in [0.15, 0.2) is 24.3 Å². The SMILES string of the molecule is CC(C)(C)c1ccccc1C1CCc2nc(N)sc21. The van der Waals surface area contributed by atoms with Crippen molar-refractivity contribution in [3.05, 3.63) is 46.0 Å². The van der Waals surface area contributed by atoms with Crippen molar-refractivity contribution >= 4 is 16.5 Å². The van der Waals surface area contributed by atoms with Gasteiger partial charge >= 0.3 is 0 Å². The number of nitrogens with two attached hydrogens (primary N) is 1. The summed E-state index contributed by atoms with van der Waals surface area (Å²) < 4.78 is 0. The molecular weight excluding hydrogens is 252 g/mol. The van der Waals surface area contributed by atoms with Crippen LogP contribution < -0.4 is 5.73 Å². The number of anilines is 1. The van der Waals surface area contributed by atoms with E-state index in [0.717, 1.165) is 6.42 Å². The summed E-state index contributed by atoms with van der Waals surface area (Å²) in [5.74, 6) is 0.486. The molecule has 1 aliphatic carbocycles. The highest BCUT2D eigenvalue weighted by atomic mass is 32.1. The normalized spacial score (nSPS) is 18.6. The first-order valence-corrected chi connectivity index (χ1v) is 7.63. The summed E-state index contributed by atoms with van der Waals surface area (Å²) in [4.78, 5) is 5.84. The highest BCUT2D eigenvalue weighted by Gasteiger charge is 2.31. The molecule has 3 heteroatoms. The maximum absolute atomic E-state index is 5.86. The van der Waals surface area contributed by atoms with Gasteiger partial charge in [-0.05, 0) is 29.4 Å². The molecule has 0 aliphatic heterocycles. The number of nitrogen functional groups attached to an aromatic ring is 1. The van der Waals surface area contributed by atoms with Gasteiger partial charge in [-0.3, -0.25) is 0 Å². The molecule has 100 valence electrons. The van der Waals surface area contributed by atoms with Gasteiger partial charge in [-0.2, -0.15) is 0 Å². The topological polar surface area (TPSA) is 38.9 Å². The number of hydrogen-bond acceptors (Lipinski definition) is 3. The lowest BCUT2D eigenvalue weighted by molar-refractivity contribution is 0.576. The zero-order chi connectivity index (χ0) is 13.6. The van der Waals surface area contributed by atoms with Crippen LogP contribution in [0, 0.1) is 0 Å². The molecule has 1 atom stereocenters. The third-order valence-corrected chi connectivity index (χ3v) is 4.92. The Morgan fingerprint density at radius 1 is 1.26 bits per heavy atom. The van der Waals surface area contributed by atoms with E-state index in [0.29, 0.717) is 11.0 Å². The number of thiazole rings is 1. The fraction of sp³-hybridized carbons (Fsp3) is 0.438. The summed E-state index contributed by atoms with van der Waals surface area (Å²) in [6, 6.07) is 8.82. The fourth-order valence-electron chi connectivity index (χ4n) is 3.03. The van der Waals surface area contributed by atoms with E-state index in [4.69, 9.17) is 5.73 Å². The Kier molecular flexibility index (Phi) is 2.90. The first-order chi connectivity index (χ1) is 8.97. The van der Waals surface area contributed by atoms with Crippen molar-refractivity contribution in [2.75, 3.05) is 5.73 Å². The number of benzene rings is 1. The van der Waals surface area contributed by atoms with Crippen molar-refractivity contribution in [2.45, 2.75) is 44.9 Å². The van der Waals surface area contributed by atoms with E-state index in [2.05, 4.69) is 50.0 Å². The van der Waals surface area contributed by atoms with Crippen LogP contribution in [0.1, 0.15) is 54.8 Å². The molecular formula is C16H20N2S. The van der Waals surface area contributed by atoms with E-state index in [1.54, 1.807) is 11.3 Å². The second kappa shape index (κ2) is 4.34. The molecule has 0 saturated heterocycles. The Morgan fingerprint density at radius 2 is 2.00 bits per heavy atom. The molecule has 2 aromatic rings. The lowest BCUT2D eigenvalue weighted by atomic mass is 9.80. The maximum atomic E-state index is 5.86. The number of rotatable bonds is 1. The minimum atomic E-state index is 0.176. The second-order valence-electron chi connectivity index (χ2n) is 6.29. The van der Waals surface area contributed by atoms with Gasteiger partial charge in [0.2, 0.25) is 0 Å². The van der Waals surface area contributed by atoms with Crippen LogP contribution in [0.25, 0.3) is 0 Å². The Hall–Kier alpha value is -1.35. The maximum Gasteiger partial charge on any atom is 0.180 e. The summed E-state index contributed by atoms with van der Waals surface area (Å²) in [6.45, 7) is 6.84. The van der Waals surface area contributed by atoms with Crippen LogP contribution in [0.4, 0.5) is 5.13 Å². The number of hydrogen-bond donors (Lipinski definition) is 1. The van der Waals surface area contributed by atoms with Gasteiger partial charge in [-0.1, -0.05) is 45.0 Å². The van der Waals surface area contributed by atoms with Gasteiger partial charge in [0.25, 0.3) is 0 Å². The van der Waals surface area contributed by atoms with Gasteiger partial charge in [-0.25, -0.2) is 4.98 Å². The van der Waals surface area contributed by atoms with Crippen molar-refractivity contribution in [3.8, 4) is 0 Å². The molecule has 1 aliphatic rings. The van der Waals surface area contributed by atoms with E-state index in [9.17, 15) is 0 Å². The zero-order valence-corrected chi connectivity index (χ0v) is 12.6. The third kappa shape index (κ3) is 2.16. The molecule has 1 heterocycles. The van der Waals surface area contributed by atoms with Crippen molar-refractivity contribution in [3.63, 3.8) is 0 Å². The molecule has 0 amide bonds. The minimum Gasteiger partial charge on any atom is -0.375 e. The van der Waals surface area contributed by atoms with Gasteiger partial charge in [-0.15, -0.1) is 11.3 Å². The third-order valence-electron chi connectivity index (χ3n) is 3.87. The first-order valence-electron chi connectivity index (χ1n) is 6.81. The average Bonchev–Trinajstić information content (AvgIpc) is 2.86. The van der Waals surface area contributed by atoms with Gasteiger partial charge in [0.15, 0.2) is 5.13 Å². The monoisotopic (exact) mass is 272 g/mol. The van der Waals surface area contributed by atoms with Gasteiger partial charge in [0.1, 0.15) is 0 Å². The van der Waals surface area contributed by atoms with Gasteiger partial charge < -0.3 is 5.73 Å². The van der Waals surface area contributed by atoms with E-state index >= 15 is 0 Å². The average molecular weight is 272 g/mol. The minimum absolute atomic E-state index is 0.176. The number of aromatic nitrogens is 1. The van der Waals surface area contributed by atoms with E-state index in [1.807, 2.05) is 0 Å². The van der Waals surface area contributed by atoms with Gasteiger partial charge in [0, 0.05) is 10.8 Å². The van der Waals surface area contributed by atoms with Crippen LogP contribution in [-0.2, 0) is 11.8 Å². The van der Waals surface area contributed by atoms with E-state index in [1.165, 1.54) is 28.1 Å². The van der Waals surface area contributed by atoms with Crippen LogP contribution in [-0.4, -0.2) is 4.98 Å². The molecule has 1 aromatic carbocycles. The summed E-state index contributed by atoms with van der Waals surface area (Å²) in [7, 11) is 0. The summed E-state index contributed by atoms with van der Waals surface area (Å²) in [6.07, 6.45) is 2.23. The Bertz CT molecular complexity index is 607. The zero-order valence-electron chi connectivity index (χ0n) is 11.7. The number of fused-ring (bicyclic) bond motifs is 1. The molecule has 0 spiro atoms. The van der Waals surface area contributed by atoms with Crippen LogP contribution in [0.3, 0.4) is 0 Å². The second-order valence-corrected chi connectivity index (χ2v) is 7.35. The fourth-order valence-corrected chi connectivity index (χ4v) is 4.06. The summed E-state index contributed by atoms with van der Waals surface area (Å²) >= 11 is 1.67. The number of aryl methyl sites for hydroxylation is 1. The van der Waals surface area contributed by atoms with E-state index < -0.39 is 0 Å². The molecule has 1 aromatic heterocycles. The number of nitrogens with zero attached hydrogens (tertiary/aromatic N) is 1. The van der Waals surface area contributed by atoms with Crippen molar-refractivity contribution in [2.24, 2.45) is 0 Å². The van der Waals surface area contributed by atoms with Crippen molar-refractivity contribution < 1.29 is 0 Å². The predicted molar refractivity (Wildman–Crippen MR) is 81.8 cm³/mol. The highest BCUT2D eigenvalue weighted by Crippen LogP contribution is 2.44. The molecule has 19 heavy (non-hydrogen) atoms. The van der Waals surface area contributed by atoms with Crippen LogP contribution in [0.2, 0.25) is 0 Å². The van der Waals surface area contributed by atoms with Crippen molar-refractivity contribution in [1.29, 1.82) is 0 Å². The molecule has 0 fully saturated rings. The molecule has 0 saturated carbocycles. The Morgan fingerprint density at radius 3 is 2.74 bits per heavy atom. The van der Waals surface area contributed by atoms with Crippen LogP contribution in [0.5, 0.6) is 0 Å². The van der Waals surface area contributed by atoms with Gasteiger partial charge in [0.05, 0.1) is 5.69 Å². The lowest BCUT2D eigenvalue weighted by Gasteiger charge is -2.25. The molecule has 1 unspecified atom stereocenters.